The van der Waals surface area contributed by atoms with Gasteiger partial charge in [-0.2, -0.15) is 0 Å². The van der Waals surface area contributed by atoms with Crippen molar-refractivity contribution in [1.82, 2.24) is 19.3 Å². The number of hydrogen-bond acceptors (Lipinski definition) is 5. The Bertz CT molecular complexity index is 1250. The van der Waals surface area contributed by atoms with Crippen molar-refractivity contribution in [3.05, 3.63) is 99.9 Å². The van der Waals surface area contributed by atoms with Crippen molar-refractivity contribution < 1.29 is 9.47 Å². The van der Waals surface area contributed by atoms with Crippen molar-refractivity contribution in [2.24, 2.45) is 0 Å². The van der Waals surface area contributed by atoms with Gasteiger partial charge in [0.1, 0.15) is 5.75 Å². The molecule has 0 fully saturated rings. The van der Waals surface area contributed by atoms with Crippen LogP contribution in [0, 0.1) is 6.92 Å². The highest BCUT2D eigenvalue weighted by molar-refractivity contribution is 5.50. The van der Waals surface area contributed by atoms with Crippen molar-refractivity contribution >= 4 is 0 Å². The molecule has 31 heavy (non-hydrogen) atoms. The molecule has 0 unspecified atom stereocenters. The summed E-state index contributed by atoms with van der Waals surface area (Å²) in [6.07, 6.45) is 4.13. The lowest BCUT2D eigenvalue weighted by atomic mass is 10.1. The number of nitrogens with zero attached hydrogens (tertiary/aromatic N) is 4. The van der Waals surface area contributed by atoms with Crippen LogP contribution in [0.15, 0.2) is 71.9 Å². The van der Waals surface area contributed by atoms with Gasteiger partial charge in [0.2, 0.25) is 5.88 Å². The normalized spacial score (nSPS) is 10.8. The van der Waals surface area contributed by atoms with Gasteiger partial charge in [0.25, 0.3) is 5.56 Å². The molecule has 0 aliphatic heterocycles. The van der Waals surface area contributed by atoms with Crippen LogP contribution in [-0.4, -0.2) is 33.6 Å². The third kappa shape index (κ3) is 4.50. The molecular weight excluding hydrogens is 392 g/mol. The van der Waals surface area contributed by atoms with Gasteiger partial charge in [0.05, 0.1) is 38.5 Å². The van der Waals surface area contributed by atoms with Crippen molar-refractivity contribution in [3.63, 3.8) is 0 Å². The van der Waals surface area contributed by atoms with Crippen molar-refractivity contribution in [2.45, 2.75) is 19.9 Å². The lowest BCUT2D eigenvalue weighted by Crippen LogP contribution is -2.27. The van der Waals surface area contributed by atoms with E-state index in [2.05, 4.69) is 10.1 Å². The monoisotopic (exact) mass is 416 g/mol. The maximum atomic E-state index is 13.1. The summed E-state index contributed by atoms with van der Waals surface area (Å²) in [7, 11) is 3.18. The van der Waals surface area contributed by atoms with Gasteiger partial charge in [-0.25, -0.2) is 9.67 Å². The van der Waals surface area contributed by atoms with E-state index in [1.54, 1.807) is 26.6 Å². The van der Waals surface area contributed by atoms with Crippen LogP contribution in [0.3, 0.4) is 0 Å². The van der Waals surface area contributed by atoms with E-state index in [-0.39, 0.29) is 5.56 Å². The number of benzene rings is 2. The molecule has 0 saturated carbocycles. The SMILES string of the molecule is COc1cc(Cc2ccc(-n3cnc(C)c3)c(OC)c2)c(=O)n(Cc2ccccc2)n1. The largest absolute Gasteiger partial charge is 0.495 e. The molecule has 0 radical (unpaired) electrons. The van der Waals surface area contributed by atoms with Crippen LogP contribution in [0.4, 0.5) is 0 Å². The Morgan fingerprint density at radius 3 is 2.45 bits per heavy atom. The number of aryl methyl sites for hydroxylation is 1. The molecule has 0 atom stereocenters. The van der Waals surface area contributed by atoms with Gasteiger partial charge >= 0.3 is 0 Å². The zero-order valence-corrected chi connectivity index (χ0v) is 17.8. The van der Waals surface area contributed by atoms with Crippen molar-refractivity contribution in [3.8, 4) is 17.3 Å². The van der Waals surface area contributed by atoms with Crippen LogP contribution in [0.25, 0.3) is 5.69 Å². The second-order valence-electron chi connectivity index (χ2n) is 7.27. The van der Waals surface area contributed by atoms with E-state index in [0.29, 0.717) is 30.2 Å². The first kappa shape index (κ1) is 20.4. The van der Waals surface area contributed by atoms with E-state index in [1.807, 2.05) is 66.2 Å². The molecule has 0 aliphatic rings. The lowest BCUT2D eigenvalue weighted by Gasteiger charge is -2.13. The maximum Gasteiger partial charge on any atom is 0.270 e. The first-order valence-corrected chi connectivity index (χ1v) is 9.94. The minimum Gasteiger partial charge on any atom is -0.495 e. The summed E-state index contributed by atoms with van der Waals surface area (Å²) in [5, 5.41) is 4.33. The molecule has 7 heteroatoms. The summed E-state index contributed by atoms with van der Waals surface area (Å²) in [6, 6.07) is 17.4. The number of methoxy groups -OCH3 is 2. The van der Waals surface area contributed by atoms with E-state index in [9.17, 15) is 4.79 Å². The van der Waals surface area contributed by atoms with Gasteiger partial charge in [0, 0.05) is 24.2 Å². The van der Waals surface area contributed by atoms with Gasteiger partial charge in [-0.05, 0) is 30.2 Å². The molecule has 0 amide bonds. The average Bonchev–Trinajstić information content (AvgIpc) is 3.23. The Balaban J connectivity index is 1.67. The number of hydrogen-bond donors (Lipinski definition) is 0. The van der Waals surface area contributed by atoms with Crippen LogP contribution in [0.1, 0.15) is 22.4 Å². The summed E-state index contributed by atoms with van der Waals surface area (Å²) < 4.78 is 14.3. The fourth-order valence-corrected chi connectivity index (χ4v) is 3.48. The Morgan fingerprint density at radius 1 is 0.968 bits per heavy atom. The highest BCUT2D eigenvalue weighted by Gasteiger charge is 2.13. The Morgan fingerprint density at radius 2 is 1.77 bits per heavy atom. The quantitative estimate of drug-likeness (QED) is 0.462. The fourth-order valence-electron chi connectivity index (χ4n) is 3.48. The molecule has 0 bridgehead atoms. The number of imidazole rings is 1. The van der Waals surface area contributed by atoms with E-state index >= 15 is 0 Å². The Kier molecular flexibility index (Phi) is 5.84. The molecule has 158 valence electrons. The van der Waals surface area contributed by atoms with Gasteiger partial charge in [0.15, 0.2) is 0 Å². The first-order chi connectivity index (χ1) is 15.1. The second kappa shape index (κ2) is 8.87. The fraction of sp³-hybridized carbons (Fsp3) is 0.208. The van der Waals surface area contributed by atoms with E-state index < -0.39 is 0 Å². The van der Waals surface area contributed by atoms with Crippen LogP contribution >= 0.6 is 0 Å². The van der Waals surface area contributed by atoms with Gasteiger partial charge < -0.3 is 14.0 Å². The molecule has 2 aromatic heterocycles. The van der Waals surface area contributed by atoms with Crippen molar-refractivity contribution in [1.29, 1.82) is 0 Å². The van der Waals surface area contributed by atoms with E-state index in [0.717, 1.165) is 22.5 Å². The molecule has 2 aromatic carbocycles. The first-order valence-electron chi connectivity index (χ1n) is 9.94. The zero-order chi connectivity index (χ0) is 21.8. The van der Waals surface area contributed by atoms with Gasteiger partial charge in [-0.15, -0.1) is 5.10 Å². The number of ether oxygens (including phenoxy) is 2. The summed E-state index contributed by atoms with van der Waals surface area (Å²) in [5.41, 5.74) is 4.23. The zero-order valence-electron chi connectivity index (χ0n) is 17.8. The third-order valence-electron chi connectivity index (χ3n) is 5.04. The maximum absolute atomic E-state index is 13.1. The number of rotatable bonds is 7. The summed E-state index contributed by atoms with van der Waals surface area (Å²) in [6.45, 7) is 2.32. The molecule has 0 spiro atoms. The predicted octanol–water partition coefficient (Wildman–Crippen LogP) is 3.39. The lowest BCUT2D eigenvalue weighted by molar-refractivity contribution is 0.377. The standard InChI is InChI=1S/C24H24N4O3/c1-17-14-27(16-25-17)21-10-9-19(12-22(21)30-2)11-20-13-23(31-3)26-28(24(20)29)15-18-7-5-4-6-8-18/h4-10,12-14,16H,11,15H2,1-3H3. The molecule has 0 saturated heterocycles. The summed E-state index contributed by atoms with van der Waals surface area (Å²) >= 11 is 0. The molecule has 4 aromatic rings. The van der Waals surface area contributed by atoms with E-state index in [1.165, 1.54) is 4.68 Å². The Hall–Kier alpha value is -3.87. The molecule has 0 aliphatic carbocycles. The van der Waals surface area contributed by atoms with Crippen LogP contribution in [0.2, 0.25) is 0 Å². The Labute approximate surface area is 180 Å². The van der Waals surface area contributed by atoms with Crippen molar-refractivity contribution in [2.75, 3.05) is 14.2 Å². The highest BCUT2D eigenvalue weighted by Crippen LogP contribution is 2.25. The third-order valence-corrected chi connectivity index (χ3v) is 5.04. The smallest absolute Gasteiger partial charge is 0.270 e. The summed E-state index contributed by atoms with van der Waals surface area (Å²) in [4.78, 5) is 17.4. The van der Waals surface area contributed by atoms with Gasteiger partial charge in [-0.3, -0.25) is 4.79 Å². The number of aromatic nitrogens is 4. The predicted molar refractivity (Wildman–Crippen MR) is 118 cm³/mol. The average molecular weight is 416 g/mol. The highest BCUT2D eigenvalue weighted by atomic mass is 16.5. The second-order valence-corrected chi connectivity index (χ2v) is 7.27. The van der Waals surface area contributed by atoms with Crippen LogP contribution in [0.5, 0.6) is 11.6 Å². The molecule has 7 nitrogen and oxygen atoms in total. The minimum absolute atomic E-state index is 0.141. The van der Waals surface area contributed by atoms with Gasteiger partial charge in [-0.1, -0.05) is 36.4 Å². The molecule has 2 heterocycles. The van der Waals surface area contributed by atoms with Crippen LogP contribution in [-0.2, 0) is 13.0 Å². The van der Waals surface area contributed by atoms with Crippen LogP contribution < -0.4 is 15.0 Å². The molecule has 0 N–H and O–H groups in total. The molecular formula is C24H24N4O3. The molecule has 4 rings (SSSR count). The topological polar surface area (TPSA) is 71.2 Å². The van der Waals surface area contributed by atoms with E-state index in [4.69, 9.17) is 9.47 Å². The summed E-state index contributed by atoms with van der Waals surface area (Å²) in [5.74, 6) is 1.11. The minimum atomic E-state index is -0.141.